The number of rotatable bonds is 6. The fourth-order valence-corrected chi connectivity index (χ4v) is 3.32. The van der Waals surface area contributed by atoms with E-state index in [0.29, 0.717) is 12.3 Å². The fraction of sp³-hybridized carbons (Fsp3) is 0.429. The van der Waals surface area contributed by atoms with Crippen molar-refractivity contribution < 1.29 is 9.21 Å². The van der Waals surface area contributed by atoms with Crippen molar-refractivity contribution in [1.82, 2.24) is 15.5 Å². The summed E-state index contributed by atoms with van der Waals surface area (Å²) in [4.78, 5) is 21.1. The third kappa shape index (κ3) is 5.06. The van der Waals surface area contributed by atoms with E-state index in [1.807, 2.05) is 20.0 Å². The molecule has 7 nitrogen and oxygen atoms in total. The van der Waals surface area contributed by atoms with Crippen molar-refractivity contribution in [3.05, 3.63) is 54.0 Å². The zero-order chi connectivity index (χ0) is 19.8. The van der Waals surface area contributed by atoms with Gasteiger partial charge in [-0.2, -0.15) is 0 Å². The van der Waals surface area contributed by atoms with Crippen LogP contribution in [0.5, 0.6) is 0 Å². The second-order valence-electron chi connectivity index (χ2n) is 6.83. The number of aliphatic imine (C=N–C) groups is 1. The number of nitrogens with zero attached hydrogens (tertiary/aromatic N) is 3. The highest BCUT2D eigenvalue weighted by molar-refractivity contribution is 5.92. The van der Waals surface area contributed by atoms with Crippen molar-refractivity contribution in [3.8, 4) is 0 Å². The summed E-state index contributed by atoms with van der Waals surface area (Å²) >= 11 is 0. The molecule has 1 aromatic carbocycles. The number of carbonyl (C=O) groups excluding carboxylic acids is 1. The summed E-state index contributed by atoms with van der Waals surface area (Å²) in [7, 11) is 1.81. The van der Waals surface area contributed by atoms with Crippen molar-refractivity contribution in [1.29, 1.82) is 0 Å². The van der Waals surface area contributed by atoms with Gasteiger partial charge < -0.3 is 24.9 Å². The number of carbonyl (C=O) groups is 1. The van der Waals surface area contributed by atoms with Gasteiger partial charge in [0, 0.05) is 57.6 Å². The maximum Gasteiger partial charge on any atom is 0.287 e. The normalized spacial score (nSPS) is 14.9. The molecule has 0 spiro atoms. The molecule has 0 radical (unpaired) electrons. The number of hydrogen-bond donors (Lipinski definition) is 2. The van der Waals surface area contributed by atoms with Crippen molar-refractivity contribution in [2.45, 2.75) is 13.3 Å². The summed E-state index contributed by atoms with van der Waals surface area (Å²) in [5, 5.41) is 6.28. The van der Waals surface area contributed by atoms with Gasteiger partial charge in [0.2, 0.25) is 0 Å². The minimum Gasteiger partial charge on any atom is -0.459 e. The minimum atomic E-state index is -0.163. The molecule has 0 atom stereocenters. The van der Waals surface area contributed by atoms with Crippen LogP contribution in [-0.2, 0) is 0 Å². The molecule has 2 heterocycles. The summed E-state index contributed by atoms with van der Waals surface area (Å²) in [5.74, 6) is 1.14. The van der Waals surface area contributed by atoms with E-state index in [1.165, 1.54) is 12.0 Å². The molecule has 0 aliphatic carbocycles. The Kier molecular flexibility index (Phi) is 6.94. The Bertz CT molecular complexity index is 779. The van der Waals surface area contributed by atoms with Gasteiger partial charge in [0.25, 0.3) is 5.91 Å². The van der Waals surface area contributed by atoms with Crippen LogP contribution in [-0.4, -0.2) is 63.1 Å². The number of furan rings is 1. The first kappa shape index (κ1) is 19.8. The topological polar surface area (TPSA) is 73.1 Å². The number of nitrogens with one attached hydrogen (secondary N) is 2. The third-order valence-electron chi connectivity index (χ3n) is 4.90. The first-order valence-corrected chi connectivity index (χ1v) is 9.77. The lowest BCUT2D eigenvalue weighted by molar-refractivity contribution is 0.0925. The van der Waals surface area contributed by atoms with E-state index in [9.17, 15) is 4.79 Å². The van der Waals surface area contributed by atoms with Crippen LogP contribution in [0.4, 0.5) is 5.69 Å². The highest BCUT2D eigenvalue weighted by Crippen LogP contribution is 2.15. The number of benzene rings is 1. The molecule has 1 amide bonds. The number of aryl methyl sites for hydroxylation is 1. The molecule has 1 aliphatic rings. The molecular formula is C21H29N5O2. The van der Waals surface area contributed by atoms with Gasteiger partial charge in [0.15, 0.2) is 11.7 Å². The molecule has 1 aliphatic heterocycles. The first-order valence-electron chi connectivity index (χ1n) is 9.77. The molecule has 1 aromatic heterocycles. The predicted octanol–water partition coefficient (Wildman–Crippen LogP) is 2.11. The second kappa shape index (κ2) is 9.82. The van der Waals surface area contributed by atoms with Gasteiger partial charge in [-0.1, -0.05) is 18.2 Å². The minimum absolute atomic E-state index is 0.163. The van der Waals surface area contributed by atoms with Gasteiger partial charge >= 0.3 is 0 Å². The predicted molar refractivity (Wildman–Crippen MR) is 112 cm³/mol. The summed E-state index contributed by atoms with van der Waals surface area (Å²) in [6, 6.07) is 12.3. The highest BCUT2D eigenvalue weighted by Gasteiger charge is 2.19. The van der Waals surface area contributed by atoms with E-state index in [2.05, 4.69) is 49.7 Å². The number of anilines is 1. The van der Waals surface area contributed by atoms with Gasteiger partial charge in [-0.15, -0.1) is 0 Å². The number of para-hydroxylation sites is 1. The third-order valence-corrected chi connectivity index (χ3v) is 4.90. The zero-order valence-corrected chi connectivity index (χ0v) is 16.6. The lowest BCUT2D eigenvalue weighted by Crippen LogP contribution is -2.52. The highest BCUT2D eigenvalue weighted by atomic mass is 16.3. The van der Waals surface area contributed by atoms with Crippen LogP contribution >= 0.6 is 0 Å². The van der Waals surface area contributed by atoms with Crippen LogP contribution in [0.15, 0.2) is 52.1 Å². The molecule has 1 fully saturated rings. The Morgan fingerprint density at radius 1 is 1.07 bits per heavy atom. The van der Waals surface area contributed by atoms with Crippen molar-refractivity contribution in [2.24, 2.45) is 4.99 Å². The zero-order valence-electron chi connectivity index (χ0n) is 16.6. The largest absolute Gasteiger partial charge is 0.459 e. The van der Waals surface area contributed by atoms with E-state index in [0.717, 1.165) is 50.7 Å². The average Bonchev–Trinajstić information content (AvgIpc) is 3.17. The summed E-state index contributed by atoms with van der Waals surface area (Å²) < 4.78 is 5.20. The van der Waals surface area contributed by atoms with Crippen molar-refractivity contribution >= 4 is 17.6 Å². The first-order chi connectivity index (χ1) is 13.7. The van der Waals surface area contributed by atoms with Crippen LogP contribution in [0.1, 0.15) is 22.5 Å². The van der Waals surface area contributed by atoms with Gasteiger partial charge in [-0.25, -0.2) is 0 Å². The fourth-order valence-electron chi connectivity index (χ4n) is 3.32. The summed E-state index contributed by atoms with van der Waals surface area (Å²) in [6.45, 7) is 7.02. The Hall–Kier alpha value is -2.96. The molecule has 7 heteroatoms. The Labute approximate surface area is 166 Å². The lowest BCUT2D eigenvalue weighted by Gasteiger charge is -2.37. The van der Waals surface area contributed by atoms with E-state index in [-0.39, 0.29) is 5.91 Å². The lowest BCUT2D eigenvalue weighted by atomic mass is 10.2. The van der Waals surface area contributed by atoms with Crippen LogP contribution in [0, 0.1) is 6.92 Å². The van der Waals surface area contributed by atoms with Crippen LogP contribution in [0.3, 0.4) is 0 Å². The smallest absolute Gasteiger partial charge is 0.287 e. The van der Waals surface area contributed by atoms with Gasteiger partial charge in [-0.05, 0) is 31.5 Å². The van der Waals surface area contributed by atoms with Crippen LogP contribution < -0.4 is 15.5 Å². The monoisotopic (exact) mass is 383 g/mol. The molecular weight excluding hydrogens is 354 g/mol. The number of piperazine rings is 1. The van der Waals surface area contributed by atoms with Crippen molar-refractivity contribution in [3.63, 3.8) is 0 Å². The van der Waals surface area contributed by atoms with Crippen molar-refractivity contribution in [2.75, 3.05) is 51.2 Å². The Morgan fingerprint density at radius 2 is 1.79 bits per heavy atom. The Balaban J connectivity index is 1.36. The van der Waals surface area contributed by atoms with E-state index in [1.54, 1.807) is 6.07 Å². The van der Waals surface area contributed by atoms with Gasteiger partial charge in [0.05, 0.1) is 6.26 Å². The van der Waals surface area contributed by atoms with E-state index >= 15 is 0 Å². The number of guanidine groups is 1. The van der Waals surface area contributed by atoms with Gasteiger partial charge in [0.1, 0.15) is 0 Å². The summed E-state index contributed by atoms with van der Waals surface area (Å²) in [6.07, 6.45) is 2.35. The maximum atomic E-state index is 12.0. The second-order valence-corrected chi connectivity index (χ2v) is 6.83. The molecule has 0 saturated carbocycles. The van der Waals surface area contributed by atoms with Crippen LogP contribution in [0.25, 0.3) is 0 Å². The molecule has 28 heavy (non-hydrogen) atoms. The molecule has 3 rings (SSSR count). The number of hydrogen-bond acceptors (Lipinski definition) is 4. The van der Waals surface area contributed by atoms with Gasteiger partial charge in [-0.3, -0.25) is 9.79 Å². The molecule has 150 valence electrons. The molecule has 1 saturated heterocycles. The molecule has 2 N–H and O–H groups in total. The van der Waals surface area contributed by atoms with E-state index < -0.39 is 0 Å². The summed E-state index contributed by atoms with van der Waals surface area (Å²) in [5.41, 5.74) is 2.12. The number of amides is 1. The van der Waals surface area contributed by atoms with E-state index in [4.69, 9.17) is 4.42 Å². The molecule has 0 bridgehead atoms. The standard InChI is InChI=1S/C21H29N5O2/c1-17-9-16-28-19(17)20(27)23-10-6-11-24-21(22-2)26-14-12-25(13-15-26)18-7-4-3-5-8-18/h3-5,7-9,16H,6,10-15H2,1-2H3,(H,22,24)(H,23,27). The average molecular weight is 383 g/mol. The maximum absolute atomic E-state index is 12.0. The molecule has 0 unspecified atom stereocenters. The Morgan fingerprint density at radius 3 is 2.43 bits per heavy atom. The molecule has 2 aromatic rings. The SMILES string of the molecule is CN=C(NCCCNC(=O)c1occc1C)N1CCN(c2ccccc2)CC1. The van der Waals surface area contributed by atoms with Crippen LogP contribution in [0.2, 0.25) is 0 Å². The quantitative estimate of drug-likeness (QED) is 0.454.